The van der Waals surface area contributed by atoms with Gasteiger partial charge in [0.1, 0.15) is 11.5 Å². The summed E-state index contributed by atoms with van der Waals surface area (Å²) in [4.78, 5) is 26.4. The molecule has 0 unspecified atom stereocenters. The van der Waals surface area contributed by atoms with Crippen LogP contribution in [0.2, 0.25) is 0 Å². The molecule has 2 N–H and O–H groups in total. The SMILES string of the molecule is Cc1ccc2c(CC(=O)C3CC(F)(F)C3)cccc2c1Oc1ncccc1-c1ccnc(N[C@H]2CCCNC2)n1. The predicted octanol–water partition coefficient (Wildman–Crippen LogP) is 6.11. The van der Waals surface area contributed by atoms with Crippen LogP contribution in [0.5, 0.6) is 11.6 Å². The number of aromatic nitrogens is 3. The summed E-state index contributed by atoms with van der Waals surface area (Å²) in [6, 6.07) is 15.4. The van der Waals surface area contributed by atoms with Gasteiger partial charge in [-0.2, -0.15) is 0 Å². The van der Waals surface area contributed by atoms with Crippen molar-refractivity contribution in [2.24, 2.45) is 5.92 Å². The van der Waals surface area contributed by atoms with Crippen LogP contribution in [-0.4, -0.2) is 45.8 Å². The molecule has 2 aliphatic rings. The highest BCUT2D eigenvalue weighted by Crippen LogP contribution is 2.44. The summed E-state index contributed by atoms with van der Waals surface area (Å²) < 4.78 is 33.2. The van der Waals surface area contributed by atoms with E-state index in [-0.39, 0.29) is 31.1 Å². The van der Waals surface area contributed by atoms with Gasteiger partial charge in [0.2, 0.25) is 17.8 Å². The summed E-state index contributed by atoms with van der Waals surface area (Å²) in [5.41, 5.74) is 3.11. The molecule has 0 spiro atoms. The molecule has 2 fully saturated rings. The quantitative estimate of drug-likeness (QED) is 0.277. The van der Waals surface area contributed by atoms with Crippen LogP contribution in [0.1, 0.15) is 36.8 Å². The van der Waals surface area contributed by atoms with E-state index in [4.69, 9.17) is 9.72 Å². The number of Topliss-reactive ketones (excluding diaryl/α,β-unsaturated/α-hetero) is 1. The lowest BCUT2D eigenvalue weighted by molar-refractivity contribution is -0.147. The summed E-state index contributed by atoms with van der Waals surface area (Å²) in [6.07, 6.45) is 4.96. The zero-order valence-corrected chi connectivity index (χ0v) is 22.3. The molecule has 0 amide bonds. The fourth-order valence-corrected chi connectivity index (χ4v) is 5.51. The highest BCUT2D eigenvalue weighted by atomic mass is 19.3. The Morgan fingerprint density at radius 2 is 1.95 bits per heavy atom. The monoisotopic (exact) mass is 543 g/mol. The maximum absolute atomic E-state index is 13.3. The third-order valence-electron chi connectivity index (χ3n) is 7.74. The standard InChI is InChI=1S/C31H31F2N5O2/c1-19-9-10-23-20(15-27(39)21-16-31(32,33)17-21)5-2-7-24(23)28(19)40-29-25(8-4-13-35-29)26-11-14-36-30(38-26)37-22-6-3-12-34-18-22/h2,4-5,7-11,13-14,21-22,34H,3,6,12,15-18H2,1H3,(H,36,37,38)/t22-/m0/s1. The van der Waals surface area contributed by atoms with Crippen LogP contribution in [0.3, 0.4) is 0 Å². The molecule has 1 saturated carbocycles. The van der Waals surface area contributed by atoms with E-state index in [2.05, 4.69) is 20.6 Å². The lowest BCUT2D eigenvalue weighted by Gasteiger charge is -2.33. The molecular formula is C31H31F2N5O2. The number of aryl methyl sites for hydroxylation is 1. The van der Waals surface area contributed by atoms with Crippen LogP contribution in [0.4, 0.5) is 14.7 Å². The molecule has 1 aliphatic heterocycles. The Kier molecular flexibility index (Phi) is 7.14. The molecule has 2 aromatic carbocycles. The topological polar surface area (TPSA) is 89.0 Å². The average molecular weight is 544 g/mol. The van der Waals surface area contributed by atoms with Gasteiger partial charge in [0.15, 0.2) is 0 Å². The molecule has 0 bridgehead atoms. The van der Waals surface area contributed by atoms with Crippen molar-refractivity contribution in [2.45, 2.75) is 51.0 Å². The smallest absolute Gasteiger partial charge is 0.249 e. The Bertz CT molecular complexity index is 1550. The number of hydrogen-bond donors (Lipinski definition) is 2. The fraction of sp³-hybridized carbons (Fsp3) is 0.355. The number of fused-ring (bicyclic) bond motifs is 1. The molecular weight excluding hydrogens is 512 g/mol. The van der Waals surface area contributed by atoms with E-state index >= 15 is 0 Å². The molecule has 1 aliphatic carbocycles. The summed E-state index contributed by atoms with van der Waals surface area (Å²) >= 11 is 0. The van der Waals surface area contributed by atoms with E-state index in [1.54, 1.807) is 12.4 Å². The molecule has 1 atom stereocenters. The minimum absolute atomic E-state index is 0.114. The molecule has 1 saturated heterocycles. The first kappa shape index (κ1) is 26.3. The molecule has 2 aromatic heterocycles. The maximum Gasteiger partial charge on any atom is 0.249 e. The highest BCUT2D eigenvalue weighted by Gasteiger charge is 2.48. The number of ether oxygens (including phenoxy) is 1. The first-order valence-corrected chi connectivity index (χ1v) is 13.7. The van der Waals surface area contributed by atoms with Gasteiger partial charge in [0.25, 0.3) is 0 Å². The van der Waals surface area contributed by atoms with Crippen LogP contribution in [-0.2, 0) is 11.2 Å². The Hall–Kier alpha value is -3.98. The van der Waals surface area contributed by atoms with Gasteiger partial charge in [0.05, 0.1) is 11.3 Å². The first-order chi connectivity index (χ1) is 19.4. The van der Waals surface area contributed by atoms with Gasteiger partial charge in [-0.1, -0.05) is 30.3 Å². The number of ketones is 1. The molecule has 4 aromatic rings. The molecule has 40 heavy (non-hydrogen) atoms. The zero-order chi connectivity index (χ0) is 27.7. The molecule has 6 rings (SSSR count). The van der Waals surface area contributed by atoms with Gasteiger partial charge in [-0.3, -0.25) is 4.79 Å². The lowest BCUT2D eigenvalue weighted by Crippen LogP contribution is -2.40. The van der Waals surface area contributed by atoms with Gasteiger partial charge in [0, 0.05) is 55.5 Å². The van der Waals surface area contributed by atoms with Crippen LogP contribution >= 0.6 is 0 Å². The Morgan fingerprint density at radius 3 is 2.75 bits per heavy atom. The lowest BCUT2D eigenvalue weighted by atomic mass is 9.77. The van der Waals surface area contributed by atoms with Crippen molar-refractivity contribution in [1.82, 2.24) is 20.3 Å². The summed E-state index contributed by atoms with van der Waals surface area (Å²) in [5.74, 6) is -1.86. The third kappa shape index (κ3) is 5.51. The van der Waals surface area contributed by atoms with Gasteiger partial charge in [-0.25, -0.2) is 23.7 Å². The normalized spacial score (nSPS) is 18.7. The number of piperidine rings is 1. The van der Waals surface area contributed by atoms with Crippen molar-refractivity contribution in [2.75, 3.05) is 18.4 Å². The van der Waals surface area contributed by atoms with Crippen molar-refractivity contribution < 1.29 is 18.3 Å². The number of anilines is 1. The molecule has 7 nitrogen and oxygen atoms in total. The number of hydrogen-bond acceptors (Lipinski definition) is 7. The number of carbonyl (C=O) groups excluding carboxylic acids is 1. The maximum atomic E-state index is 13.3. The number of alkyl halides is 2. The molecule has 9 heteroatoms. The van der Waals surface area contributed by atoms with Gasteiger partial charge >= 0.3 is 0 Å². The van der Waals surface area contributed by atoms with Crippen molar-refractivity contribution in [1.29, 1.82) is 0 Å². The first-order valence-electron chi connectivity index (χ1n) is 13.7. The van der Waals surface area contributed by atoms with Crippen molar-refractivity contribution in [3.8, 4) is 22.9 Å². The minimum Gasteiger partial charge on any atom is -0.437 e. The number of nitrogens with one attached hydrogen (secondary N) is 2. The molecule has 206 valence electrons. The highest BCUT2D eigenvalue weighted by molar-refractivity contribution is 5.96. The van der Waals surface area contributed by atoms with E-state index in [1.807, 2.05) is 55.5 Å². The number of pyridine rings is 1. The summed E-state index contributed by atoms with van der Waals surface area (Å²) in [6.45, 7) is 3.85. The average Bonchev–Trinajstić information content (AvgIpc) is 2.94. The van der Waals surface area contributed by atoms with Crippen molar-refractivity contribution in [3.63, 3.8) is 0 Å². The van der Waals surface area contributed by atoms with Crippen LogP contribution < -0.4 is 15.4 Å². The summed E-state index contributed by atoms with van der Waals surface area (Å²) in [7, 11) is 0. The van der Waals surface area contributed by atoms with Gasteiger partial charge < -0.3 is 15.4 Å². The zero-order valence-electron chi connectivity index (χ0n) is 22.3. The summed E-state index contributed by atoms with van der Waals surface area (Å²) in [5, 5.41) is 8.50. The number of nitrogens with zero attached hydrogens (tertiary/aromatic N) is 3. The van der Waals surface area contributed by atoms with E-state index in [0.717, 1.165) is 53.4 Å². The number of benzene rings is 2. The number of halogens is 2. The van der Waals surface area contributed by atoms with E-state index in [1.165, 1.54) is 0 Å². The van der Waals surface area contributed by atoms with Gasteiger partial charge in [-0.15, -0.1) is 0 Å². The largest absolute Gasteiger partial charge is 0.437 e. The molecule has 0 radical (unpaired) electrons. The van der Waals surface area contributed by atoms with Gasteiger partial charge in [-0.05, 0) is 61.0 Å². The Labute approximate surface area is 231 Å². The van der Waals surface area contributed by atoms with E-state index in [0.29, 0.717) is 23.3 Å². The number of carbonyl (C=O) groups is 1. The fourth-order valence-electron chi connectivity index (χ4n) is 5.51. The van der Waals surface area contributed by atoms with Crippen LogP contribution in [0.25, 0.3) is 22.0 Å². The second-order valence-corrected chi connectivity index (χ2v) is 10.7. The van der Waals surface area contributed by atoms with Crippen molar-refractivity contribution in [3.05, 3.63) is 72.1 Å². The van der Waals surface area contributed by atoms with E-state index < -0.39 is 11.8 Å². The second kappa shape index (κ2) is 10.9. The minimum atomic E-state index is -2.72. The van der Waals surface area contributed by atoms with Crippen LogP contribution in [0.15, 0.2) is 60.9 Å². The Morgan fingerprint density at radius 1 is 1.07 bits per heavy atom. The molecule has 3 heterocycles. The number of rotatable bonds is 8. The second-order valence-electron chi connectivity index (χ2n) is 10.7. The van der Waals surface area contributed by atoms with E-state index in [9.17, 15) is 13.6 Å². The third-order valence-corrected chi connectivity index (χ3v) is 7.74. The Balaban J connectivity index is 1.29. The van der Waals surface area contributed by atoms with Crippen LogP contribution in [0, 0.1) is 12.8 Å². The predicted molar refractivity (Wildman–Crippen MR) is 150 cm³/mol. The van der Waals surface area contributed by atoms with Crippen molar-refractivity contribution >= 4 is 22.5 Å².